The largest absolute Gasteiger partial charge is 0.497 e. The summed E-state index contributed by atoms with van der Waals surface area (Å²) in [5, 5.41) is 11.5. The first-order chi connectivity index (χ1) is 14.7. The lowest BCUT2D eigenvalue weighted by Gasteiger charge is -2.18. The molecular formula is C23H19ClN4OS. The molecule has 0 radical (unpaired) electrons. The number of ether oxygens (including phenoxy) is 1. The third kappa shape index (κ3) is 3.64. The summed E-state index contributed by atoms with van der Waals surface area (Å²) in [7, 11) is 1.67. The number of rotatable bonds is 5. The van der Waals surface area contributed by atoms with Crippen LogP contribution < -0.4 is 4.74 Å². The SMILES string of the molecule is COc1cccc(Cn2cc(C3=C(Cl)c4ccc(-c5cccs5)nc4CC3)nn2)c1. The molecule has 0 N–H and O–H groups in total. The van der Waals surface area contributed by atoms with Crippen LogP contribution >= 0.6 is 22.9 Å². The van der Waals surface area contributed by atoms with Crippen LogP contribution in [0.1, 0.15) is 28.9 Å². The van der Waals surface area contributed by atoms with E-state index in [1.165, 1.54) is 4.88 Å². The Hall–Kier alpha value is -2.96. The third-order valence-corrected chi connectivity index (χ3v) is 6.51. The van der Waals surface area contributed by atoms with Crippen LogP contribution in [0.2, 0.25) is 0 Å². The van der Waals surface area contributed by atoms with Crippen molar-refractivity contribution in [3.8, 4) is 16.3 Å². The summed E-state index contributed by atoms with van der Waals surface area (Å²) >= 11 is 8.48. The van der Waals surface area contributed by atoms with Gasteiger partial charge in [0.15, 0.2) is 0 Å². The van der Waals surface area contributed by atoms with E-state index in [0.717, 1.165) is 57.4 Å². The number of fused-ring (bicyclic) bond motifs is 1. The molecule has 0 atom stereocenters. The number of allylic oxidation sites excluding steroid dienone is 1. The average molecular weight is 435 g/mol. The summed E-state index contributed by atoms with van der Waals surface area (Å²) in [4.78, 5) is 6.02. The van der Waals surface area contributed by atoms with Crippen molar-refractivity contribution in [2.45, 2.75) is 19.4 Å². The molecular weight excluding hydrogens is 416 g/mol. The molecule has 7 heteroatoms. The summed E-state index contributed by atoms with van der Waals surface area (Å²) < 4.78 is 7.13. The fourth-order valence-electron chi connectivity index (χ4n) is 3.68. The maximum absolute atomic E-state index is 6.78. The fraction of sp³-hybridized carbons (Fsp3) is 0.174. The Kier molecular flexibility index (Phi) is 5.11. The second-order valence-corrected chi connectivity index (χ2v) is 8.44. The van der Waals surface area contributed by atoms with Gasteiger partial charge in [-0.05, 0) is 54.1 Å². The number of aromatic nitrogens is 4. The molecule has 0 saturated carbocycles. The molecule has 0 amide bonds. The standard InChI is InChI=1S/C23H19ClN4OS/c1-29-16-5-2-4-15(12-16)13-28-14-21(26-27-28)18-7-9-19-17(23(18)24)8-10-20(25-19)22-6-3-11-30-22/h2-6,8,10-12,14H,7,9,13H2,1H3. The zero-order valence-electron chi connectivity index (χ0n) is 16.4. The Balaban J connectivity index is 1.42. The van der Waals surface area contributed by atoms with Gasteiger partial charge in [0, 0.05) is 11.1 Å². The number of hydrogen-bond acceptors (Lipinski definition) is 5. The Bertz CT molecular complexity index is 1230. The summed E-state index contributed by atoms with van der Waals surface area (Å²) in [5.74, 6) is 0.830. The number of halogens is 1. The summed E-state index contributed by atoms with van der Waals surface area (Å²) in [6.45, 7) is 0.622. The van der Waals surface area contributed by atoms with Gasteiger partial charge in [0.1, 0.15) is 11.4 Å². The number of benzene rings is 1. The topological polar surface area (TPSA) is 52.8 Å². The lowest BCUT2D eigenvalue weighted by Crippen LogP contribution is -2.05. The Labute approximate surface area is 183 Å². The van der Waals surface area contributed by atoms with Gasteiger partial charge in [0.05, 0.1) is 41.1 Å². The molecule has 5 rings (SSSR count). The maximum Gasteiger partial charge on any atom is 0.119 e. The van der Waals surface area contributed by atoms with Crippen molar-refractivity contribution in [3.63, 3.8) is 0 Å². The van der Waals surface area contributed by atoms with Gasteiger partial charge in [0.25, 0.3) is 0 Å². The Morgan fingerprint density at radius 3 is 2.87 bits per heavy atom. The third-order valence-electron chi connectivity index (χ3n) is 5.19. The first kappa shape index (κ1) is 19.0. The van der Waals surface area contributed by atoms with E-state index in [9.17, 15) is 0 Å². The van der Waals surface area contributed by atoms with Crippen molar-refractivity contribution >= 4 is 33.5 Å². The van der Waals surface area contributed by atoms with Gasteiger partial charge in [-0.25, -0.2) is 4.68 Å². The van der Waals surface area contributed by atoms with Crippen molar-refractivity contribution in [1.29, 1.82) is 0 Å². The second kappa shape index (κ2) is 8.05. The van der Waals surface area contributed by atoms with Crippen LogP contribution in [0.3, 0.4) is 0 Å². The summed E-state index contributed by atoms with van der Waals surface area (Å²) in [6.07, 6.45) is 3.59. The van der Waals surface area contributed by atoms with Crippen LogP contribution in [0.15, 0.2) is 60.1 Å². The predicted octanol–water partition coefficient (Wildman–Crippen LogP) is 5.51. The minimum absolute atomic E-state index is 0.622. The van der Waals surface area contributed by atoms with Gasteiger partial charge in [-0.3, -0.25) is 4.98 Å². The smallest absolute Gasteiger partial charge is 0.119 e. The van der Waals surface area contributed by atoms with E-state index < -0.39 is 0 Å². The van der Waals surface area contributed by atoms with Crippen LogP contribution in [0.4, 0.5) is 0 Å². The van der Waals surface area contributed by atoms with Crippen molar-refractivity contribution in [1.82, 2.24) is 20.0 Å². The van der Waals surface area contributed by atoms with Gasteiger partial charge in [-0.1, -0.05) is 35.0 Å². The number of nitrogens with zero attached hydrogens (tertiary/aromatic N) is 4. The molecule has 1 aliphatic rings. The van der Waals surface area contributed by atoms with Crippen LogP contribution in [0.5, 0.6) is 5.75 Å². The molecule has 4 aromatic rings. The first-order valence-corrected chi connectivity index (χ1v) is 10.9. The van der Waals surface area contributed by atoms with Gasteiger partial charge in [-0.2, -0.15) is 0 Å². The zero-order valence-corrected chi connectivity index (χ0v) is 18.0. The maximum atomic E-state index is 6.78. The predicted molar refractivity (Wildman–Crippen MR) is 121 cm³/mol. The lowest BCUT2D eigenvalue weighted by molar-refractivity contribution is 0.414. The molecule has 0 bridgehead atoms. The quantitative estimate of drug-likeness (QED) is 0.415. The van der Waals surface area contributed by atoms with E-state index in [0.29, 0.717) is 6.54 Å². The highest BCUT2D eigenvalue weighted by atomic mass is 35.5. The summed E-state index contributed by atoms with van der Waals surface area (Å²) in [6, 6.07) is 16.2. The molecule has 3 heterocycles. The van der Waals surface area contributed by atoms with Crippen molar-refractivity contribution in [2.24, 2.45) is 0 Å². The first-order valence-electron chi connectivity index (χ1n) is 9.67. The van der Waals surface area contributed by atoms with E-state index in [1.54, 1.807) is 18.4 Å². The molecule has 150 valence electrons. The van der Waals surface area contributed by atoms with Crippen molar-refractivity contribution in [2.75, 3.05) is 7.11 Å². The van der Waals surface area contributed by atoms with Crippen LogP contribution in [0, 0.1) is 0 Å². The lowest BCUT2D eigenvalue weighted by atomic mass is 9.94. The monoisotopic (exact) mass is 434 g/mol. The molecule has 5 nitrogen and oxygen atoms in total. The molecule has 3 aromatic heterocycles. The van der Waals surface area contributed by atoms with Crippen LogP contribution in [0.25, 0.3) is 21.2 Å². The van der Waals surface area contributed by atoms with E-state index >= 15 is 0 Å². The number of pyridine rings is 1. The average Bonchev–Trinajstić information content (AvgIpc) is 3.46. The molecule has 0 saturated heterocycles. The molecule has 30 heavy (non-hydrogen) atoms. The number of thiophene rings is 1. The van der Waals surface area contributed by atoms with Crippen molar-refractivity contribution in [3.05, 3.63) is 82.6 Å². The second-order valence-electron chi connectivity index (χ2n) is 7.11. The number of aryl methyl sites for hydroxylation is 1. The van der Waals surface area contributed by atoms with Gasteiger partial charge in [-0.15, -0.1) is 16.4 Å². The van der Waals surface area contributed by atoms with E-state index in [-0.39, 0.29) is 0 Å². The highest BCUT2D eigenvalue weighted by Gasteiger charge is 2.22. The Morgan fingerprint density at radius 1 is 1.10 bits per heavy atom. The zero-order chi connectivity index (χ0) is 20.5. The number of hydrogen-bond donors (Lipinski definition) is 0. The molecule has 0 unspecified atom stereocenters. The van der Waals surface area contributed by atoms with Crippen LogP contribution in [-0.2, 0) is 13.0 Å². The van der Waals surface area contributed by atoms with Crippen molar-refractivity contribution < 1.29 is 4.74 Å². The minimum Gasteiger partial charge on any atom is -0.497 e. The van der Waals surface area contributed by atoms with Gasteiger partial charge >= 0.3 is 0 Å². The van der Waals surface area contributed by atoms with E-state index in [2.05, 4.69) is 27.8 Å². The van der Waals surface area contributed by atoms with Gasteiger partial charge < -0.3 is 4.74 Å². The van der Waals surface area contributed by atoms with E-state index in [1.807, 2.05) is 47.3 Å². The van der Waals surface area contributed by atoms with Crippen LogP contribution in [-0.4, -0.2) is 27.1 Å². The Morgan fingerprint density at radius 2 is 2.03 bits per heavy atom. The normalized spacial score (nSPS) is 13.4. The molecule has 0 fully saturated rings. The number of methoxy groups -OCH3 is 1. The summed E-state index contributed by atoms with van der Waals surface area (Å²) in [5.41, 5.74) is 5.97. The molecule has 1 aromatic carbocycles. The highest BCUT2D eigenvalue weighted by Crippen LogP contribution is 2.39. The molecule has 1 aliphatic carbocycles. The molecule has 0 aliphatic heterocycles. The molecule has 0 spiro atoms. The highest BCUT2D eigenvalue weighted by molar-refractivity contribution is 7.13. The van der Waals surface area contributed by atoms with E-state index in [4.69, 9.17) is 21.3 Å². The van der Waals surface area contributed by atoms with Gasteiger partial charge in [0.2, 0.25) is 0 Å². The fourth-order valence-corrected chi connectivity index (χ4v) is 4.74. The minimum atomic E-state index is 0.622.